The number of nitrogens with zero attached hydrogens (tertiary/aromatic N) is 1. The summed E-state index contributed by atoms with van der Waals surface area (Å²) in [5.41, 5.74) is 5.88. The summed E-state index contributed by atoms with van der Waals surface area (Å²) in [6.45, 7) is 8.38. The molecule has 1 unspecified atom stereocenters. The molecule has 0 aromatic carbocycles. The summed E-state index contributed by atoms with van der Waals surface area (Å²) in [6.07, 6.45) is 0.956. The number of nitrogens with two attached hydrogens (primary N) is 1. The Morgan fingerprint density at radius 2 is 1.80 bits per heavy atom. The molecule has 0 spiro atoms. The van der Waals surface area contributed by atoms with Crippen molar-refractivity contribution in [3.8, 4) is 0 Å². The molecule has 0 fully saturated rings. The second kappa shape index (κ2) is 8.05. The van der Waals surface area contributed by atoms with Gasteiger partial charge in [0.25, 0.3) is 0 Å². The Hall–Kier alpha value is -0.160. The molecule has 0 heterocycles. The van der Waals surface area contributed by atoms with E-state index in [1.165, 1.54) is 0 Å². The molecule has 0 amide bonds. The first-order valence-electron chi connectivity index (χ1n) is 5.57. The zero-order chi connectivity index (χ0) is 11.7. The molecule has 0 aromatic heterocycles. The summed E-state index contributed by atoms with van der Waals surface area (Å²) in [4.78, 5) is 2.36. The normalized spacial score (nSPS) is 15.6. The first-order chi connectivity index (χ1) is 7.14. The van der Waals surface area contributed by atoms with Gasteiger partial charge >= 0.3 is 0 Å². The number of ether oxygens (including phenoxy) is 2. The van der Waals surface area contributed by atoms with Gasteiger partial charge in [0.05, 0.1) is 6.61 Å². The molecule has 0 bridgehead atoms. The fourth-order valence-corrected chi connectivity index (χ4v) is 1.72. The lowest BCUT2D eigenvalue weighted by molar-refractivity contribution is 0.0494. The molecule has 0 aromatic rings. The van der Waals surface area contributed by atoms with Crippen molar-refractivity contribution in [1.82, 2.24) is 4.90 Å². The maximum absolute atomic E-state index is 5.86. The number of hydrogen-bond donors (Lipinski definition) is 1. The predicted molar refractivity (Wildman–Crippen MR) is 63.1 cm³/mol. The molecule has 0 aliphatic heterocycles. The third kappa shape index (κ3) is 4.93. The van der Waals surface area contributed by atoms with E-state index in [-0.39, 0.29) is 5.54 Å². The van der Waals surface area contributed by atoms with Gasteiger partial charge in [0.15, 0.2) is 0 Å². The van der Waals surface area contributed by atoms with Crippen LogP contribution in [0.15, 0.2) is 0 Å². The summed E-state index contributed by atoms with van der Waals surface area (Å²) in [6, 6.07) is 0. The van der Waals surface area contributed by atoms with Crippen molar-refractivity contribution in [3.63, 3.8) is 0 Å². The van der Waals surface area contributed by atoms with Crippen LogP contribution in [0.2, 0.25) is 0 Å². The second-order valence-corrected chi connectivity index (χ2v) is 4.02. The van der Waals surface area contributed by atoms with E-state index >= 15 is 0 Å². The largest absolute Gasteiger partial charge is 0.385 e. The Morgan fingerprint density at radius 3 is 2.20 bits per heavy atom. The van der Waals surface area contributed by atoms with Crippen LogP contribution in [0.5, 0.6) is 0 Å². The zero-order valence-electron chi connectivity index (χ0n) is 10.6. The van der Waals surface area contributed by atoms with Crippen LogP contribution >= 0.6 is 0 Å². The van der Waals surface area contributed by atoms with Crippen molar-refractivity contribution < 1.29 is 9.47 Å². The topological polar surface area (TPSA) is 47.7 Å². The van der Waals surface area contributed by atoms with Gasteiger partial charge in [-0.1, -0.05) is 6.92 Å². The van der Waals surface area contributed by atoms with Crippen molar-refractivity contribution in [3.05, 3.63) is 0 Å². The lowest BCUT2D eigenvalue weighted by Gasteiger charge is -2.40. The number of methoxy groups -OCH3 is 2. The number of rotatable bonds is 9. The summed E-state index contributed by atoms with van der Waals surface area (Å²) in [7, 11) is 3.45. The molecule has 15 heavy (non-hydrogen) atoms. The van der Waals surface area contributed by atoms with E-state index in [1.54, 1.807) is 14.2 Å². The van der Waals surface area contributed by atoms with E-state index < -0.39 is 0 Å². The molecule has 0 saturated carbocycles. The van der Waals surface area contributed by atoms with Gasteiger partial charge in [-0.3, -0.25) is 4.90 Å². The third-order valence-corrected chi connectivity index (χ3v) is 3.00. The molecule has 4 nitrogen and oxygen atoms in total. The summed E-state index contributed by atoms with van der Waals surface area (Å²) in [5.74, 6) is 0. The lowest BCUT2D eigenvalue weighted by atomic mass is 9.96. The average Bonchev–Trinajstić information content (AvgIpc) is 2.27. The highest BCUT2D eigenvalue weighted by molar-refractivity contribution is 4.86. The van der Waals surface area contributed by atoms with Crippen LogP contribution in [0.1, 0.15) is 20.3 Å². The van der Waals surface area contributed by atoms with E-state index in [9.17, 15) is 0 Å². The van der Waals surface area contributed by atoms with Crippen LogP contribution in [0.4, 0.5) is 0 Å². The van der Waals surface area contributed by atoms with Crippen LogP contribution in [0, 0.1) is 0 Å². The van der Waals surface area contributed by atoms with Crippen molar-refractivity contribution in [2.75, 3.05) is 47.1 Å². The van der Waals surface area contributed by atoms with Crippen LogP contribution < -0.4 is 5.73 Å². The van der Waals surface area contributed by atoms with Crippen LogP contribution in [-0.4, -0.2) is 57.5 Å². The molecular formula is C11H26N2O2. The van der Waals surface area contributed by atoms with Gasteiger partial charge in [-0.15, -0.1) is 0 Å². The van der Waals surface area contributed by atoms with Crippen LogP contribution in [0.3, 0.4) is 0 Å². The minimum atomic E-state index is 0.0172. The smallest absolute Gasteiger partial charge is 0.0589 e. The van der Waals surface area contributed by atoms with Crippen molar-refractivity contribution in [1.29, 1.82) is 0 Å². The van der Waals surface area contributed by atoms with Gasteiger partial charge in [-0.25, -0.2) is 0 Å². The quantitative estimate of drug-likeness (QED) is 0.619. The molecule has 0 aliphatic rings. The molecule has 4 heteroatoms. The first-order valence-corrected chi connectivity index (χ1v) is 5.57. The summed E-state index contributed by atoms with van der Waals surface area (Å²) < 4.78 is 10.2. The molecule has 2 N–H and O–H groups in total. The van der Waals surface area contributed by atoms with Crippen molar-refractivity contribution >= 4 is 0 Å². The molecule has 0 aliphatic carbocycles. The molecule has 0 radical (unpaired) electrons. The molecular weight excluding hydrogens is 192 g/mol. The van der Waals surface area contributed by atoms with Gasteiger partial charge in [0, 0.05) is 39.5 Å². The van der Waals surface area contributed by atoms with Gasteiger partial charge in [0.1, 0.15) is 0 Å². The van der Waals surface area contributed by atoms with E-state index in [4.69, 9.17) is 15.2 Å². The Labute approximate surface area is 93.7 Å². The Bertz CT molecular complexity index is 156. The Morgan fingerprint density at radius 1 is 1.20 bits per heavy atom. The highest BCUT2D eigenvalue weighted by atomic mass is 16.5. The fourth-order valence-electron chi connectivity index (χ4n) is 1.72. The van der Waals surface area contributed by atoms with Gasteiger partial charge in [0.2, 0.25) is 0 Å². The maximum Gasteiger partial charge on any atom is 0.0589 e. The molecule has 92 valence electrons. The fraction of sp³-hybridized carbons (Fsp3) is 1.00. The third-order valence-electron chi connectivity index (χ3n) is 3.00. The number of likely N-dealkylation sites (N-methyl/N-ethyl adjacent to an activating group) is 1. The van der Waals surface area contributed by atoms with Crippen molar-refractivity contribution in [2.24, 2.45) is 5.73 Å². The SMILES string of the molecule is CCN(CCOC)C(C)(CN)CCOC. The van der Waals surface area contributed by atoms with Crippen molar-refractivity contribution in [2.45, 2.75) is 25.8 Å². The standard InChI is InChI=1S/C11H26N2O2/c1-5-13(7-9-15-4)11(2,10-12)6-8-14-3/h5-10,12H2,1-4H3. The highest BCUT2D eigenvalue weighted by Gasteiger charge is 2.28. The highest BCUT2D eigenvalue weighted by Crippen LogP contribution is 2.17. The van der Waals surface area contributed by atoms with Crippen LogP contribution in [-0.2, 0) is 9.47 Å². The molecule has 0 saturated heterocycles. The molecule has 1 atom stereocenters. The second-order valence-electron chi connectivity index (χ2n) is 4.02. The first kappa shape index (κ1) is 14.8. The molecule has 0 rings (SSSR count). The zero-order valence-corrected chi connectivity index (χ0v) is 10.6. The van der Waals surface area contributed by atoms with Gasteiger partial charge in [-0.2, -0.15) is 0 Å². The van der Waals surface area contributed by atoms with Crippen LogP contribution in [0.25, 0.3) is 0 Å². The monoisotopic (exact) mass is 218 g/mol. The minimum Gasteiger partial charge on any atom is -0.385 e. The van der Waals surface area contributed by atoms with E-state index in [0.29, 0.717) is 6.54 Å². The Kier molecular flexibility index (Phi) is 7.96. The predicted octanol–water partition coefficient (Wildman–Crippen LogP) is 0.709. The number of hydrogen-bond acceptors (Lipinski definition) is 4. The van der Waals surface area contributed by atoms with E-state index in [0.717, 1.165) is 32.7 Å². The Balaban J connectivity index is 4.27. The van der Waals surface area contributed by atoms with Gasteiger partial charge in [-0.05, 0) is 19.9 Å². The lowest BCUT2D eigenvalue weighted by Crippen LogP contribution is -2.53. The van der Waals surface area contributed by atoms with Gasteiger partial charge < -0.3 is 15.2 Å². The summed E-state index contributed by atoms with van der Waals surface area (Å²) >= 11 is 0. The minimum absolute atomic E-state index is 0.0172. The summed E-state index contributed by atoms with van der Waals surface area (Å²) in [5, 5.41) is 0. The van der Waals surface area contributed by atoms with E-state index in [1.807, 2.05) is 0 Å². The maximum atomic E-state index is 5.86. The van der Waals surface area contributed by atoms with E-state index in [2.05, 4.69) is 18.7 Å². The average molecular weight is 218 g/mol.